The number of thiophene rings is 1. The Balaban J connectivity index is 2.23. The molecule has 1 rings (SSSR count). The first kappa shape index (κ1) is 9.06. The Morgan fingerprint density at radius 3 is 3.09 bits per heavy atom. The maximum Gasteiger partial charge on any atom is 0.0756 e. The Kier molecular flexibility index (Phi) is 3.93. The van der Waals surface area contributed by atoms with Crippen molar-refractivity contribution < 1.29 is 5.11 Å². The molecule has 1 atom stereocenters. The topological polar surface area (TPSA) is 46.2 Å². The minimum absolute atomic E-state index is 0.346. The van der Waals surface area contributed by atoms with Gasteiger partial charge in [-0.25, -0.2) is 0 Å². The monoisotopic (exact) mass is 189 g/mol. The van der Waals surface area contributed by atoms with Crippen LogP contribution in [0.3, 0.4) is 0 Å². The minimum atomic E-state index is -0.373. The van der Waals surface area contributed by atoms with Crippen LogP contribution < -0.4 is 5.73 Å². The molecule has 11 heavy (non-hydrogen) atoms. The summed E-state index contributed by atoms with van der Waals surface area (Å²) in [6.07, 6.45) is -0.373. The molecule has 1 aromatic heterocycles. The minimum Gasteiger partial charge on any atom is -0.391 e. The molecule has 0 saturated carbocycles. The number of thioether (sulfide) groups is 1. The summed E-state index contributed by atoms with van der Waals surface area (Å²) in [4.78, 5) is 0. The van der Waals surface area contributed by atoms with E-state index < -0.39 is 0 Å². The van der Waals surface area contributed by atoms with Gasteiger partial charge in [0.15, 0.2) is 0 Å². The van der Waals surface area contributed by atoms with Gasteiger partial charge < -0.3 is 10.8 Å². The Morgan fingerprint density at radius 1 is 1.73 bits per heavy atom. The van der Waals surface area contributed by atoms with Gasteiger partial charge in [0.25, 0.3) is 0 Å². The molecule has 0 saturated heterocycles. The van der Waals surface area contributed by atoms with Gasteiger partial charge in [-0.15, -0.1) is 23.1 Å². The van der Waals surface area contributed by atoms with Crippen molar-refractivity contribution in [2.75, 3.05) is 12.3 Å². The highest BCUT2D eigenvalue weighted by molar-refractivity contribution is 8.01. The van der Waals surface area contributed by atoms with Gasteiger partial charge >= 0.3 is 0 Å². The van der Waals surface area contributed by atoms with E-state index in [9.17, 15) is 0 Å². The quantitative estimate of drug-likeness (QED) is 0.699. The molecule has 1 aromatic rings. The lowest BCUT2D eigenvalue weighted by Gasteiger charge is -2.04. The molecule has 1 heterocycles. The molecular formula is C7H11NOS2. The van der Waals surface area contributed by atoms with E-state index in [0.717, 1.165) is 0 Å². The average molecular weight is 189 g/mol. The Labute approximate surface area is 74.4 Å². The van der Waals surface area contributed by atoms with E-state index in [2.05, 4.69) is 0 Å². The smallest absolute Gasteiger partial charge is 0.0756 e. The van der Waals surface area contributed by atoms with Crippen LogP contribution in [0.4, 0.5) is 0 Å². The SMILES string of the molecule is NCC(O)CSc1cccs1. The van der Waals surface area contributed by atoms with Crippen LogP contribution in [-0.2, 0) is 0 Å². The van der Waals surface area contributed by atoms with Crippen LogP contribution in [0.5, 0.6) is 0 Å². The van der Waals surface area contributed by atoms with Crippen molar-refractivity contribution in [3.05, 3.63) is 17.5 Å². The number of hydrogen-bond donors (Lipinski definition) is 2. The second kappa shape index (κ2) is 4.77. The normalized spacial score (nSPS) is 13.3. The third-order valence-electron chi connectivity index (χ3n) is 1.19. The van der Waals surface area contributed by atoms with E-state index in [-0.39, 0.29) is 6.10 Å². The molecule has 3 N–H and O–H groups in total. The standard InChI is InChI=1S/C7H11NOS2/c8-4-6(9)5-11-7-2-1-3-10-7/h1-3,6,9H,4-5,8H2. The maximum absolute atomic E-state index is 9.12. The zero-order valence-electron chi connectivity index (χ0n) is 6.06. The van der Waals surface area contributed by atoms with Crippen molar-refractivity contribution in [1.82, 2.24) is 0 Å². The van der Waals surface area contributed by atoms with E-state index in [0.29, 0.717) is 12.3 Å². The molecule has 0 fully saturated rings. The first-order valence-corrected chi connectivity index (χ1v) is 5.24. The predicted octanol–water partition coefficient (Wildman–Crippen LogP) is 1.16. The number of nitrogens with two attached hydrogens (primary N) is 1. The highest BCUT2D eigenvalue weighted by Gasteiger charge is 2.01. The summed E-state index contributed by atoms with van der Waals surface area (Å²) in [5.41, 5.74) is 5.25. The average Bonchev–Trinajstić information content (AvgIpc) is 2.52. The summed E-state index contributed by atoms with van der Waals surface area (Å²) >= 11 is 3.33. The van der Waals surface area contributed by atoms with Gasteiger partial charge in [-0.2, -0.15) is 0 Å². The molecule has 0 bridgehead atoms. The molecule has 62 valence electrons. The van der Waals surface area contributed by atoms with E-state index in [1.807, 2.05) is 17.5 Å². The highest BCUT2D eigenvalue weighted by Crippen LogP contribution is 2.23. The van der Waals surface area contributed by atoms with Gasteiger partial charge in [-0.3, -0.25) is 0 Å². The number of aliphatic hydroxyl groups excluding tert-OH is 1. The van der Waals surface area contributed by atoms with Crippen molar-refractivity contribution >= 4 is 23.1 Å². The number of rotatable bonds is 4. The van der Waals surface area contributed by atoms with Crippen LogP contribution in [0.1, 0.15) is 0 Å². The van der Waals surface area contributed by atoms with E-state index in [1.165, 1.54) is 4.21 Å². The lowest BCUT2D eigenvalue weighted by atomic mass is 10.4. The van der Waals surface area contributed by atoms with E-state index in [1.54, 1.807) is 23.1 Å². The van der Waals surface area contributed by atoms with Crippen molar-refractivity contribution in [3.8, 4) is 0 Å². The molecule has 1 unspecified atom stereocenters. The van der Waals surface area contributed by atoms with Crippen LogP contribution in [0, 0.1) is 0 Å². The van der Waals surface area contributed by atoms with Crippen molar-refractivity contribution in [2.24, 2.45) is 5.73 Å². The van der Waals surface area contributed by atoms with Gasteiger partial charge in [-0.05, 0) is 11.4 Å². The molecule has 0 aromatic carbocycles. The summed E-state index contributed by atoms with van der Waals surface area (Å²) in [5.74, 6) is 0.691. The van der Waals surface area contributed by atoms with Crippen LogP contribution in [-0.4, -0.2) is 23.5 Å². The van der Waals surface area contributed by atoms with Gasteiger partial charge in [0.2, 0.25) is 0 Å². The van der Waals surface area contributed by atoms with Crippen LogP contribution in [0.15, 0.2) is 21.7 Å². The maximum atomic E-state index is 9.12. The first-order valence-electron chi connectivity index (χ1n) is 3.37. The zero-order chi connectivity index (χ0) is 8.10. The molecule has 0 aliphatic carbocycles. The molecule has 4 heteroatoms. The molecule has 0 aliphatic rings. The lowest BCUT2D eigenvalue weighted by molar-refractivity contribution is 0.208. The zero-order valence-corrected chi connectivity index (χ0v) is 7.70. The highest BCUT2D eigenvalue weighted by atomic mass is 32.2. The summed E-state index contributed by atoms with van der Waals surface area (Å²) in [7, 11) is 0. The van der Waals surface area contributed by atoms with Gasteiger partial charge in [0, 0.05) is 12.3 Å². The molecule has 0 amide bonds. The summed E-state index contributed by atoms with van der Waals surface area (Å²) in [6.45, 7) is 0.346. The molecule has 0 radical (unpaired) electrons. The van der Waals surface area contributed by atoms with E-state index in [4.69, 9.17) is 10.8 Å². The third-order valence-corrected chi connectivity index (χ3v) is 3.46. The third kappa shape index (κ3) is 3.25. The van der Waals surface area contributed by atoms with Crippen molar-refractivity contribution in [3.63, 3.8) is 0 Å². The molecular weight excluding hydrogens is 178 g/mol. The molecule has 0 spiro atoms. The summed E-state index contributed by atoms with van der Waals surface area (Å²) < 4.78 is 1.23. The number of aliphatic hydroxyl groups is 1. The van der Waals surface area contributed by atoms with Crippen LogP contribution >= 0.6 is 23.1 Å². The summed E-state index contributed by atoms with van der Waals surface area (Å²) in [5, 5.41) is 11.1. The summed E-state index contributed by atoms with van der Waals surface area (Å²) in [6, 6.07) is 4.04. The van der Waals surface area contributed by atoms with Crippen molar-refractivity contribution in [1.29, 1.82) is 0 Å². The fourth-order valence-electron chi connectivity index (χ4n) is 0.592. The van der Waals surface area contributed by atoms with Crippen LogP contribution in [0.25, 0.3) is 0 Å². The number of hydrogen-bond acceptors (Lipinski definition) is 4. The fourth-order valence-corrected chi connectivity index (χ4v) is 2.35. The molecule has 2 nitrogen and oxygen atoms in total. The molecule has 0 aliphatic heterocycles. The van der Waals surface area contributed by atoms with Gasteiger partial charge in [0.05, 0.1) is 10.3 Å². The Bertz CT molecular complexity index is 188. The first-order chi connectivity index (χ1) is 5.33. The van der Waals surface area contributed by atoms with E-state index >= 15 is 0 Å². The fraction of sp³-hybridized carbons (Fsp3) is 0.429. The predicted molar refractivity (Wildman–Crippen MR) is 50.1 cm³/mol. The second-order valence-electron chi connectivity index (χ2n) is 2.13. The second-order valence-corrected chi connectivity index (χ2v) is 4.40. The van der Waals surface area contributed by atoms with Gasteiger partial charge in [-0.1, -0.05) is 6.07 Å². The van der Waals surface area contributed by atoms with Crippen LogP contribution in [0.2, 0.25) is 0 Å². The van der Waals surface area contributed by atoms with Crippen molar-refractivity contribution in [2.45, 2.75) is 10.3 Å². The Hall–Kier alpha value is -0.0300. The largest absolute Gasteiger partial charge is 0.391 e. The Morgan fingerprint density at radius 2 is 2.55 bits per heavy atom. The lowest BCUT2D eigenvalue weighted by Crippen LogP contribution is -2.21. The van der Waals surface area contributed by atoms with Gasteiger partial charge in [0.1, 0.15) is 0 Å².